The van der Waals surface area contributed by atoms with E-state index in [1.165, 1.54) is 0 Å². The van der Waals surface area contributed by atoms with E-state index in [-0.39, 0.29) is 18.7 Å². The predicted octanol–water partition coefficient (Wildman–Crippen LogP) is 3.65. The van der Waals surface area contributed by atoms with E-state index in [1.807, 2.05) is 35.9 Å². The molecule has 0 saturated heterocycles. The van der Waals surface area contributed by atoms with Crippen molar-refractivity contribution < 1.29 is 9.90 Å². The smallest absolute Gasteiger partial charge is 0.319 e. The van der Waals surface area contributed by atoms with Crippen LogP contribution in [0.4, 0.5) is 10.5 Å². The summed E-state index contributed by atoms with van der Waals surface area (Å²) >= 11 is 3.29. The van der Waals surface area contributed by atoms with Gasteiger partial charge in [-0.15, -0.1) is 0 Å². The number of amides is 2. The summed E-state index contributed by atoms with van der Waals surface area (Å²) in [6.45, 7) is 0.0686. The van der Waals surface area contributed by atoms with Crippen molar-refractivity contribution in [2.75, 3.05) is 23.9 Å². The van der Waals surface area contributed by atoms with E-state index < -0.39 is 0 Å². The molecule has 0 aliphatic heterocycles. The maximum absolute atomic E-state index is 12.1. The van der Waals surface area contributed by atoms with Crippen LogP contribution >= 0.6 is 23.1 Å². The van der Waals surface area contributed by atoms with Crippen molar-refractivity contribution in [2.24, 2.45) is 0 Å². The van der Waals surface area contributed by atoms with Crippen LogP contribution in [0.3, 0.4) is 0 Å². The number of thioether (sulfide) groups is 1. The van der Waals surface area contributed by atoms with E-state index in [4.69, 9.17) is 5.11 Å². The van der Waals surface area contributed by atoms with Gasteiger partial charge in [-0.3, -0.25) is 0 Å². The lowest BCUT2D eigenvalue weighted by Gasteiger charge is -2.17. The SMILES string of the molecule is CSC[C@@H](CCO)NC(=O)Nc1cccc(-c2ccsc2)c1. The van der Waals surface area contributed by atoms with Crippen LogP contribution in [-0.2, 0) is 0 Å². The molecule has 22 heavy (non-hydrogen) atoms. The second kappa shape index (κ2) is 8.82. The summed E-state index contributed by atoms with van der Waals surface area (Å²) in [6.07, 6.45) is 2.54. The van der Waals surface area contributed by atoms with Crippen LogP contribution in [-0.4, -0.2) is 35.8 Å². The van der Waals surface area contributed by atoms with Gasteiger partial charge in [-0.25, -0.2) is 4.79 Å². The number of nitrogens with one attached hydrogen (secondary N) is 2. The second-order valence-corrected chi connectivity index (χ2v) is 6.55. The Morgan fingerprint density at radius 1 is 1.36 bits per heavy atom. The van der Waals surface area contributed by atoms with Gasteiger partial charge in [0.2, 0.25) is 0 Å². The van der Waals surface area contributed by atoms with E-state index >= 15 is 0 Å². The van der Waals surface area contributed by atoms with Crippen LogP contribution in [0, 0.1) is 0 Å². The molecule has 2 aromatic rings. The molecule has 118 valence electrons. The molecule has 6 heteroatoms. The fourth-order valence-corrected chi connectivity index (χ4v) is 3.43. The van der Waals surface area contributed by atoms with E-state index in [0.29, 0.717) is 6.42 Å². The third kappa shape index (κ3) is 5.05. The maximum atomic E-state index is 12.1. The van der Waals surface area contributed by atoms with E-state index in [1.54, 1.807) is 23.1 Å². The van der Waals surface area contributed by atoms with Gasteiger partial charge in [0.05, 0.1) is 0 Å². The number of hydrogen-bond acceptors (Lipinski definition) is 4. The molecule has 0 aliphatic carbocycles. The Bertz CT molecular complexity index is 582. The summed E-state index contributed by atoms with van der Waals surface area (Å²) < 4.78 is 0. The Morgan fingerprint density at radius 3 is 2.91 bits per heavy atom. The van der Waals surface area contributed by atoms with Crippen molar-refractivity contribution in [1.82, 2.24) is 5.32 Å². The summed E-state index contributed by atoms with van der Waals surface area (Å²) in [5.74, 6) is 0.781. The molecule has 1 aromatic heterocycles. The van der Waals surface area contributed by atoms with Gasteiger partial charge in [0.25, 0.3) is 0 Å². The van der Waals surface area contributed by atoms with Crippen LogP contribution in [0.15, 0.2) is 41.1 Å². The number of thiophene rings is 1. The van der Waals surface area contributed by atoms with Crippen molar-refractivity contribution in [3.63, 3.8) is 0 Å². The van der Waals surface area contributed by atoms with Crippen molar-refractivity contribution in [1.29, 1.82) is 0 Å². The molecule has 2 amide bonds. The van der Waals surface area contributed by atoms with E-state index in [9.17, 15) is 4.79 Å². The molecule has 0 saturated carbocycles. The molecule has 4 nitrogen and oxygen atoms in total. The molecule has 0 unspecified atom stereocenters. The molecule has 1 atom stereocenters. The lowest BCUT2D eigenvalue weighted by molar-refractivity contribution is 0.241. The zero-order chi connectivity index (χ0) is 15.8. The van der Waals surface area contributed by atoms with Gasteiger partial charge >= 0.3 is 6.03 Å². The van der Waals surface area contributed by atoms with Gasteiger partial charge in [0.1, 0.15) is 0 Å². The van der Waals surface area contributed by atoms with Gasteiger partial charge in [0.15, 0.2) is 0 Å². The molecule has 2 rings (SSSR count). The highest BCUT2D eigenvalue weighted by molar-refractivity contribution is 7.98. The minimum Gasteiger partial charge on any atom is -0.396 e. The largest absolute Gasteiger partial charge is 0.396 e. The highest BCUT2D eigenvalue weighted by Crippen LogP contribution is 2.24. The number of carbonyl (C=O) groups excluding carboxylic acids is 1. The Hall–Kier alpha value is -1.50. The van der Waals surface area contributed by atoms with E-state index in [2.05, 4.69) is 22.1 Å². The van der Waals surface area contributed by atoms with Gasteiger partial charge in [-0.1, -0.05) is 12.1 Å². The zero-order valence-corrected chi connectivity index (χ0v) is 14.0. The van der Waals surface area contributed by atoms with Crippen molar-refractivity contribution >= 4 is 34.8 Å². The molecule has 3 N–H and O–H groups in total. The molecular weight excluding hydrogens is 316 g/mol. The molecule has 0 aliphatic rings. The summed E-state index contributed by atoms with van der Waals surface area (Å²) in [4.78, 5) is 12.1. The number of urea groups is 1. The van der Waals surface area contributed by atoms with Crippen LogP contribution in [0.1, 0.15) is 6.42 Å². The molecule has 1 aromatic carbocycles. The number of anilines is 1. The minimum absolute atomic E-state index is 0.0277. The molecule has 0 fully saturated rings. The van der Waals surface area contributed by atoms with Gasteiger partial charge < -0.3 is 15.7 Å². The summed E-state index contributed by atoms with van der Waals surface area (Å²) in [5.41, 5.74) is 2.98. The minimum atomic E-state index is -0.241. The molecule has 0 radical (unpaired) electrons. The van der Waals surface area contributed by atoms with Gasteiger partial charge in [-0.2, -0.15) is 23.1 Å². The first-order chi connectivity index (χ1) is 10.7. The third-order valence-electron chi connectivity index (χ3n) is 3.16. The number of aliphatic hydroxyl groups excluding tert-OH is 1. The highest BCUT2D eigenvalue weighted by atomic mass is 32.2. The lowest BCUT2D eigenvalue weighted by atomic mass is 10.1. The van der Waals surface area contributed by atoms with Crippen LogP contribution < -0.4 is 10.6 Å². The van der Waals surface area contributed by atoms with Gasteiger partial charge in [0, 0.05) is 24.1 Å². The Balaban J connectivity index is 1.98. The number of benzene rings is 1. The van der Waals surface area contributed by atoms with Crippen molar-refractivity contribution in [2.45, 2.75) is 12.5 Å². The van der Waals surface area contributed by atoms with E-state index in [0.717, 1.165) is 22.6 Å². The Morgan fingerprint density at radius 2 is 2.23 bits per heavy atom. The zero-order valence-electron chi connectivity index (χ0n) is 12.4. The fourth-order valence-electron chi connectivity index (χ4n) is 2.11. The maximum Gasteiger partial charge on any atom is 0.319 e. The van der Waals surface area contributed by atoms with Crippen LogP contribution in [0.5, 0.6) is 0 Å². The predicted molar refractivity (Wildman–Crippen MR) is 95.8 cm³/mol. The number of rotatable bonds is 7. The molecular formula is C16H20N2O2S2. The molecule has 0 spiro atoms. The quantitative estimate of drug-likeness (QED) is 0.723. The first-order valence-electron chi connectivity index (χ1n) is 7.03. The molecule has 1 heterocycles. The standard InChI is InChI=1S/C16H20N2O2S2/c1-21-11-15(5-7-19)18-16(20)17-14-4-2-3-12(9-14)13-6-8-22-10-13/h2-4,6,8-10,15,19H,5,7,11H2,1H3,(H2,17,18,20)/t15-/m1/s1. The van der Waals surface area contributed by atoms with Crippen molar-refractivity contribution in [3.8, 4) is 11.1 Å². The normalized spacial score (nSPS) is 11.9. The molecule has 0 bridgehead atoms. The lowest BCUT2D eigenvalue weighted by Crippen LogP contribution is -2.40. The van der Waals surface area contributed by atoms with Gasteiger partial charge in [-0.05, 0) is 52.8 Å². The first kappa shape index (κ1) is 16.9. The monoisotopic (exact) mass is 336 g/mol. The average molecular weight is 336 g/mol. The first-order valence-corrected chi connectivity index (χ1v) is 9.36. The number of carbonyl (C=O) groups is 1. The van der Waals surface area contributed by atoms with Crippen molar-refractivity contribution in [3.05, 3.63) is 41.1 Å². The number of hydrogen-bond donors (Lipinski definition) is 3. The summed E-state index contributed by atoms with van der Waals surface area (Å²) in [7, 11) is 0. The highest BCUT2D eigenvalue weighted by Gasteiger charge is 2.11. The third-order valence-corrected chi connectivity index (χ3v) is 4.57. The Labute approximate surface area is 138 Å². The summed E-state index contributed by atoms with van der Waals surface area (Å²) in [5, 5.41) is 18.9. The summed E-state index contributed by atoms with van der Waals surface area (Å²) in [6, 6.07) is 9.56. The fraction of sp³-hybridized carbons (Fsp3) is 0.312. The number of aliphatic hydroxyl groups is 1. The van der Waals surface area contributed by atoms with Crippen LogP contribution in [0.25, 0.3) is 11.1 Å². The van der Waals surface area contributed by atoms with Crippen LogP contribution in [0.2, 0.25) is 0 Å². The average Bonchev–Trinajstić information content (AvgIpc) is 3.02. The Kier molecular flexibility index (Phi) is 6.76. The topological polar surface area (TPSA) is 61.4 Å². The second-order valence-electron chi connectivity index (χ2n) is 4.86.